The molecule has 7 nitrogen and oxygen atoms in total. The fraction of sp³-hybridized carbons (Fsp3) is 0.273. The summed E-state index contributed by atoms with van der Waals surface area (Å²) in [5, 5.41) is 18.1. The maximum absolute atomic E-state index is 10.9. The molecule has 108 valence electrons. The molecular weight excluding hydrogens is 305 g/mol. The van der Waals surface area contributed by atoms with Crippen LogP contribution in [0.25, 0.3) is 0 Å². The van der Waals surface area contributed by atoms with Gasteiger partial charge in [-0.15, -0.1) is 12.4 Å². The Morgan fingerprint density at radius 2 is 2.35 bits per heavy atom. The Balaban J connectivity index is 0.00000200. The van der Waals surface area contributed by atoms with Gasteiger partial charge >= 0.3 is 0 Å². The van der Waals surface area contributed by atoms with E-state index in [-0.39, 0.29) is 28.7 Å². The van der Waals surface area contributed by atoms with Gasteiger partial charge in [-0.1, -0.05) is 17.7 Å². The molecular formula is C11H13Cl2N5O2. The van der Waals surface area contributed by atoms with Gasteiger partial charge in [0, 0.05) is 19.2 Å². The van der Waals surface area contributed by atoms with Gasteiger partial charge in [-0.05, 0) is 12.5 Å². The van der Waals surface area contributed by atoms with E-state index in [1.165, 1.54) is 18.3 Å². The van der Waals surface area contributed by atoms with E-state index >= 15 is 0 Å². The lowest BCUT2D eigenvalue weighted by atomic mass is 10.2. The van der Waals surface area contributed by atoms with Gasteiger partial charge in [-0.25, -0.2) is 5.43 Å². The first-order valence-electron chi connectivity index (χ1n) is 5.69. The lowest BCUT2D eigenvalue weighted by Gasteiger charge is -2.12. The third kappa shape index (κ3) is 4.07. The SMILES string of the molecule is Cl.O=[N+]([O-])c1cccc(Cl)c1/C=N/NC1=NCCCN1. The molecule has 1 aliphatic rings. The summed E-state index contributed by atoms with van der Waals surface area (Å²) >= 11 is 5.93. The normalized spacial score (nSPS) is 14.2. The second-order valence-electron chi connectivity index (χ2n) is 3.81. The van der Waals surface area contributed by atoms with E-state index in [2.05, 4.69) is 20.8 Å². The number of rotatable bonds is 3. The van der Waals surface area contributed by atoms with Crippen LogP contribution < -0.4 is 10.7 Å². The van der Waals surface area contributed by atoms with Crippen LogP contribution in [0.1, 0.15) is 12.0 Å². The number of hydrogen-bond acceptors (Lipinski definition) is 6. The minimum atomic E-state index is -0.496. The maximum Gasteiger partial charge on any atom is 0.279 e. The first kappa shape index (κ1) is 16.2. The third-order valence-electron chi connectivity index (χ3n) is 2.49. The first-order chi connectivity index (χ1) is 9.18. The summed E-state index contributed by atoms with van der Waals surface area (Å²) in [6, 6.07) is 4.48. The standard InChI is InChI=1S/C11H12ClN5O2.ClH/c12-9-3-1-4-10(17(18)19)8(9)7-15-16-11-13-5-2-6-14-11;/h1,3-4,7H,2,5-6H2,(H2,13,14,16);1H/b15-7+;. The fourth-order valence-corrected chi connectivity index (χ4v) is 1.80. The van der Waals surface area contributed by atoms with Crippen molar-refractivity contribution in [2.75, 3.05) is 13.1 Å². The van der Waals surface area contributed by atoms with Gasteiger partial charge in [-0.2, -0.15) is 5.10 Å². The first-order valence-corrected chi connectivity index (χ1v) is 6.06. The van der Waals surface area contributed by atoms with Crippen molar-refractivity contribution >= 4 is 41.9 Å². The number of hydrogen-bond donors (Lipinski definition) is 2. The molecule has 2 N–H and O–H groups in total. The number of hydrazone groups is 1. The zero-order valence-corrected chi connectivity index (χ0v) is 11.9. The molecule has 0 fully saturated rings. The lowest BCUT2D eigenvalue weighted by molar-refractivity contribution is -0.385. The van der Waals surface area contributed by atoms with Gasteiger partial charge in [0.2, 0.25) is 5.96 Å². The van der Waals surface area contributed by atoms with Gasteiger partial charge in [0.25, 0.3) is 5.69 Å². The monoisotopic (exact) mass is 317 g/mol. The molecule has 0 unspecified atom stereocenters. The van der Waals surface area contributed by atoms with Crippen molar-refractivity contribution in [3.8, 4) is 0 Å². The highest BCUT2D eigenvalue weighted by Gasteiger charge is 2.14. The molecule has 0 aliphatic carbocycles. The molecule has 0 amide bonds. The zero-order valence-electron chi connectivity index (χ0n) is 10.4. The number of benzene rings is 1. The molecule has 1 aromatic rings. The topological polar surface area (TPSA) is 91.9 Å². The van der Waals surface area contributed by atoms with Crippen molar-refractivity contribution < 1.29 is 4.92 Å². The molecule has 2 rings (SSSR count). The van der Waals surface area contributed by atoms with Crippen LogP contribution in [0.4, 0.5) is 5.69 Å². The van der Waals surface area contributed by atoms with Crippen molar-refractivity contribution in [2.24, 2.45) is 10.1 Å². The highest BCUT2D eigenvalue weighted by atomic mass is 35.5. The summed E-state index contributed by atoms with van der Waals surface area (Å²) in [5.74, 6) is 0.553. The van der Waals surface area contributed by atoms with E-state index in [4.69, 9.17) is 11.6 Å². The largest absolute Gasteiger partial charge is 0.355 e. The van der Waals surface area contributed by atoms with Crippen molar-refractivity contribution in [3.63, 3.8) is 0 Å². The van der Waals surface area contributed by atoms with Crippen molar-refractivity contribution in [1.82, 2.24) is 10.7 Å². The number of halogens is 2. The van der Waals surface area contributed by atoms with Gasteiger partial charge < -0.3 is 5.32 Å². The van der Waals surface area contributed by atoms with E-state index in [1.54, 1.807) is 6.07 Å². The minimum Gasteiger partial charge on any atom is -0.355 e. The molecule has 0 saturated carbocycles. The summed E-state index contributed by atoms with van der Waals surface area (Å²) in [5.41, 5.74) is 2.87. The summed E-state index contributed by atoms with van der Waals surface area (Å²) in [6.07, 6.45) is 2.30. The summed E-state index contributed by atoms with van der Waals surface area (Å²) in [6.45, 7) is 1.56. The molecule has 0 bridgehead atoms. The lowest BCUT2D eigenvalue weighted by Crippen LogP contribution is -2.38. The Labute approximate surface area is 126 Å². The van der Waals surface area contributed by atoms with Crippen LogP contribution in [0.2, 0.25) is 5.02 Å². The van der Waals surface area contributed by atoms with Crippen LogP contribution in [0, 0.1) is 10.1 Å². The molecule has 9 heteroatoms. The van der Waals surface area contributed by atoms with E-state index in [9.17, 15) is 10.1 Å². The molecule has 0 atom stereocenters. The summed E-state index contributed by atoms with van der Waals surface area (Å²) in [4.78, 5) is 14.5. The molecule has 0 aromatic heterocycles. The Morgan fingerprint density at radius 1 is 1.55 bits per heavy atom. The highest BCUT2D eigenvalue weighted by Crippen LogP contribution is 2.24. The number of nitro groups is 1. The summed E-state index contributed by atoms with van der Waals surface area (Å²) < 4.78 is 0. The van der Waals surface area contributed by atoms with E-state index < -0.39 is 4.92 Å². The smallest absolute Gasteiger partial charge is 0.279 e. The Hall–Kier alpha value is -1.86. The quantitative estimate of drug-likeness (QED) is 0.506. The maximum atomic E-state index is 10.9. The predicted octanol–water partition coefficient (Wildman–Crippen LogP) is 1.94. The number of guanidine groups is 1. The van der Waals surface area contributed by atoms with E-state index in [1.807, 2.05) is 0 Å². The second-order valence-corrected chi connectivity index (χ2v) is 4.22. The van der Waals surface area contributed by atoms with Crippen LogP contribution in [0.15, 0.2) is 28.3 Å². The van der Waals surface area contributed by atoms with E-state index in [0.717, 1.165) is 19.5 Å². The van der Waals surface area contributed by atoms with Crippen LogP contribution in [0.5, 0.6) is 0 Å². The number of nitrogens with zero attached hydrogens (tertiary/aromatic N) is 3. The average Bonchev–Trinajstić information content (AvgIpc) is 2.41. The highest BCUT2D eigenvalue weighted by molar-refractivity contribution is 6.33. The van der Waals surface area contributed by atoms with Crippen molar-refractivity contribution in [2.45, 2.75) is 6.42 Å². The van der Waals surface area contributed by atoms with Gasteiger partial charge in [0.05, 0.1) is 21.7 Å². The van der Waals surface area contributed by atoms with Gasteiger partial charge in [0.15, 0.2) is 0 Å². The third-order valence-corrected chi connectivity index (χ3v) is 2.82. The predicted molar refractivity (Wildman–Crippen MR) is 81.0 cm³/mol. The number of nitrogens with one attached hydrogen (secondary N) is 2. The van der Waals surface area contributed by atoms with Gasteiger partial charge in [-0.3, -0.25) is 15.1 Å². The molecule has 1 aromatic carbocycles. The molecule has 0 saturated heterocycles. The fourth-order valence-electron chi connectivity index (χ4n) is 1.58. The number of nitro benzene ring substituents is 1. The second kappa shape index (κ2) is 7.66. The summed E-state index contributed by atoms with van der Waals surface area (Å²) in [7, 11) is 0. The zero-order chi connectivity index (χ0) is 13.7. The van der Waals surface area contributed by atoms with Gasteiger partial charge in [0.1, 0.15) is 0 Å². The van der Waals surface area contributed by atoms with Crippen molar-refractivity contribution in [3.05, 3.63) is 38.9 Å². The Kier molecular flexibility index (Phi) is 6.20. The molecule has 1 aliphatic heterocycles. The van der Waals surface area contributed by atoms with Crippen molar-refractivity contribution in [1.29, 1.82) is 0 Å². The van der Waals surface area contributed by atoms with Crippen LogP contribution in [-0.2, 0) is 0 Å². The minimum absolute atomic E-state index is 0. The van der Waals surface area contributed by atoms with Crippen LogP contribution in [0.3, 0.4) is 0 Å². The molecule has 1 heterocycles. The van der Waals surface area contributed by atoms with E-state index in [0.29, 0.717) is 5.96 Å². The Morgan fingerprint density at radius 3 is 3.00 bits per heavy atom. The molecule has 0 radical (unpaired) electrons. The Bertz CT molecular complexity index is 548. The molecule has 20 heavy (non-hydrogen) atoms. The number of aliphatic imine (C=N–C) groups is 1. The van der Waals surface area contributed by atoms with Crippen LogP contribution in [-0.4, -0.2) is 30.2 Å². The van der Waals surface area contributed by atoms with Crippen LogP contribution >= 0.6 is 24.0 Å². The average molecular weight is 318 g/mol. The molecule has 0 spiro atoms.